The first-order chi connectivity index (χ1) is 14.1. The molecule has 2 aromatic heterocycles. The highest BCUT2D eigenvalue weighted by Gasteiger charge is 2.43. The first-order valence-electron chi connectivity index (χ1n) is 10.3. The SMILES string of the molecule is CC(C)c1nc(N2CCC3(CC2)OCCc2cnc(-c4ccccc4)nc23)no1. The van der Waals surface area contributed by atoms with Gasteiger partial charge >= 0.3 is 0 Å². The largest absolute Gasteiger partial charge is 0.368 e. The molecular formula is C22H25N5O2. The third kappa shape index (κ3) is 3.29. The molecule has 1 fully saturated rings. The average Bonchev–Trinajstić information content (AvgIpc) is 3.26. The van der Waals surface area contributed by atoms with Crippen molar-refractivity contribution in [1.29, 1.82) is 0 Å². The van der Waals surface area contributed by atoms with E-state index in [0.717, 1.165) is 49.4 Å². The van der Waals surface area contributed by atoms with E-state index >= 15 is 0 Å². The van der Waals surface area contributed by atoms with Gasteiger partial charge in [0.1, 0.15) is 5.60 Å². The molecule has 5 rings (SSSR count). The van der Waals surface area contributed by atoms with Crippen LogP contribution < -0.4 is 4.90 Å². The van der Waals surface area contributed by atoms with E-state index in [4.69, 9.17) is 14.2 Å². The Morgan fingerprint density at radius 2 is 1.86 bits per heavy atom. The van der Waals surface area contributed by atoms with Crippen molar-refractivity contribution in [2.75, 3.05) is 24.6 Å². The summed E-state index contributed by atoms with van der Waals surface area (Å²) in [7, 11) is 0. The van der Waals surface area contributed by atoms with Gasteiger partial charge in [0.2, 0.25) is 5.89 Å². The summed E-state index contributed by atoms with van der Waals surface area (Å²) in [5.74, 6) is 2.34. The lowest BCUT2D eigenvalue weighted by atomic mass is 9.83. The number of benzene rings is 1. The number of ether oxygens (including phenoxy) is 1. The van der Waals surface area contributed by atoms with Gasteiger partial charge in [-0.15, -0.1) is 0 Å². The number of rotatable bonds is 3. The minimum absolute atomic E-state index is 0.231. The van der Waals surface area contributed by atoms with Crippen LogP contribution in [0.4, 0.5) is 5.95 Å². The van der Waals surface area contributed by atoms with Crippen LogP contribution in [0.2, 0.25) is 0 Å². The maximum Gasteiger partial charge on any atom is 0.266 e. The molecule has 2 aliphatic heterocycles. The third-order valence-electron chi connectivity index (χ3n) is 5.86. The number of hydrogen-bond donors (Lipinski definition) is 0. The van der Waals surface area contributed by atoms with Crippen molar-refractivity contribution in [3.05, 3.63) is 53.7 Å². The van der Waals surface area contributed by atoms with Crippen molar-refractivity contribution in [3.8, 4) is 11.4 Å². The minimum Gasteiger partial charge on any atom is -0.368 e. The summed E-state index contributed by atoms with van der Waals surface area (Å²) in [6.45, 7) is 6.43. The third-order valence-corrected chi connectivity index (χ3v) is 5.86. The van der Waals surface area contributed by atoms with E-state index in [-0.39, 0.29) is 11.5 Å². The summed E-state index contributed by atoms with van der Waals surface area (Å²) in [6, 6.07) is 10.1. The molecule has 0 radical (unpaired) electrons. The molecule has 4 heterocycles. The molecule has 0 aliphatic carbocycles. The summed E-state index contributed by atoms with van der Waals surface area (Å²) in [4.78, 5) is 16.3. The molecule has 1 spiro atoms. The summed E-state index contributed by atoms with van der Waals surface area (Å²) in [5.41, 5.74) is 2.92. The van der Waals surface area contributed by atoms with Crippen molar-refractivity contribution in [2.24, 2.45) is 0 Å². The van der Waals surface area contributed by atoms with Gasteiger partial charge in [0.15, 0.2) is 5.82 Å². The van der Waals surface area contributed by atoms with Crippen LogP contribution in [-0.4, -0.2) is 39.8 Å². The van der Waals surface area contributed by atoms with E-state index in [0.29, 0.717) is 18.4 Å². The Morgan fingerprint density at radius 3 is 2.59 bits per heavy atom. The van der Waals surface area contributed by atoms with Crippen LogP contribution in [0.15, 0.2) is 41.1 Å². The van der Waals surface area contributed by atoms with E-state index in [1.165, 1.54) is 5.56 Å². The van der Waals surface area contributed by atoms with Gasteiger partial charge in [-0.05, 0) is 30.0 Å². The van der Waals surface area contributed by atoms with Crippen LogP contribution in [0.25, 0.3) is 11.4 Å². The predicted molar refractivity (Wildman–Crippen MR) is 109 cm³/mol. The number of anilines is 1. The molecule has 29 heavy (non-hydrogen) atoms. The molecule has 2 aliphatic rings. The topological polar surface area (TPSA) is 77.2 Å². The van der Waals surface area contributed by atoms with Crippen molar-refractivity contribution in [1.82, 2.24) is 20.1 Å². The smallest absolute Gasteiger partial charge is 0.266 e. The second kappa shape index (κ2) is 7.22. The van der Waals surface area contributed by atoms with Gasteiger partial charge in [-0.1, -0.05) is 44.2 Å². The summed E-state index contributed by atoms with van der Waals surface area (Å²) in [5, 5.41) is 4.17. The molecule has 7 nitrogen and oxygen atoms in total. The quantitative estimate of drug-likeness (QED) is 0.673. The first kappa shape index (κ1) is 18.2. The number of fused-ring (bicyclic) bond motifs is 2. The molecule has 1 aromatic carbocycles. The van der Waals surface area contributed by atoms with E-state index in [1.54, 1.807) is 0 Å². The Bertz CT molecular complexity index is 993. The number of piperidine rings is 1. The second-order valence-corrected chi connectivity index (χ2v) is 8.10. The van der Waals surface area contributed by atoms with Crippen molar-refractivity contribution >= 4 is 5.95 Å². The molecule has 0 atom stereocenters. The Hall–Kier alpha value is -2.80. The molecule has 0 unspecified atom stereocenters. The number of nitrogens with zero attached hydrogens (tertiary/aromatic N) is 5. The Balaban J connectivity index is 1.41. The Labute approximate surface area is 170 Å². The minimum atomic E-state index is -0.360. The van der Waals surface area contributed by atoms with Crippen LogP contribution in [-0.2, 0) is 16.8 Å². The lowest BCUT2D eigenvalue weighted by molar-refractivity contribution is -0.0802. The summed E-state index contributed by atoms with van der Waals surface area (Å²) in [6.07, 6.45) is 4.53. The summed E-state index contributed by atoms with van der Waals surface area (Å²) < 4.78 is 11.8. The zero-order valence-corrected chi connectivity index (χ0v) is 16.8. The number of hydrogen-bond acceptors (Lipinski definition) is 7. The van der Waals surface area contributed by atoms with Crippen molar-refractivity contribution in [3.63, 3.8) is 0 Å². The molecule has 0 saturated carbocycles. The molecule has 7 heteroatoms. The fourth-order valence-corrected chi connectivity index (χ4v) is 4.17. The second-order valence-electron chi connectivity index (χ2n) is 8.10. The zero-order chi connectivity index (χ0) is 19.8. The lowest BCUT2D eigenvalue weighted by Crippen LogP contribution is -2.47. The highest BCUT2D eigenvalue weighted by Crippen LogP contribution is 2.41. The van der Waals surface area contributed by atoms with E-state index in [9.17, 15) is 0 Å². The predicted octanol–water partition coefficient (Wildman–Crippen LogP) is 3.72. The molecule has 150 valence electrons. The number of aromatic nitrogens is 4. The highest BCUT2D eigenvalue weighted by molar-refractivity contribution is 5.55. The van der Waals surface area contributed by atoms with Crippen molar-refractivity contribution < 1.29 is 9.26 Å². The van der Waals surface area contributed by atoms with Gasteiger partial charge in [-0.3, -0.25) is 0 Å². The van der Waals surface area contributed by atoms with E-state index < -0.39 is 0 Å². The van der Waals surface area contributed by atoms with Crippen LogP contribution in [0, 0.1) is 0 Å². The standard InChI is InChI=1S/C22H25N5O2/c1-15(2)20-25-21(26-29-20)27-11-9-22(10-12-27)18-17(8-13-28-22)14-23-19(24-18)16-6-4-3-5-7-16/h3-7,14-15H,8-13H2,1-2H3. The van der Waals surface area contributed by atoms with Crippen LogP contribution in [0.1, 0.15) is 49.8 Å². The molecule has 0 amide bonds. The average molecular weight is 391 g/mol. The Kier molecular flexibility index (Phi) is 4.54. The molecule has 0 bridgehead atoms. The van der Waals surface area contributed by atoms with Crippen LogP contribution in [0.5, 0.6) is 0 Å². The normalized spacial score (nSPS) is 18.2. The van der Waals surface area contributed by atoms with Crippen LogP contribution >= 0.6 is 0 Å². The van der Waals surface area contributed by atoms with Gasteiger partial charge < -0.3 is 14.2 Å². The maximum atomic E-state index is 6.37. The van der Waals surface area contributed by atoms with E-state index in [2.05, 4.69) is 33.9 Å². The van der Waals surface area contributed by atoms with Gasteiger partial charge in [0.25, 0.3) is 5.95 Å². The summed E-state index contributed by atoms with van der Waals surface area (Å²) >= 11 is 0. The van der Waals surface area contributed by atoms with Gasteiger partial charge in [0.05, 0.1) is 12.3 Å². The lowest BCUT2D eigenvalue weighted by Gasteiger charge is -2.43. The van der Waals surface area contributed by atoms with Crippen molar-refractivity contribution in [2.45, 2.75) is 44.6 Å². The van der Waals surface area contributed by atoms with Gasteiger partial charge in [0, 0.05) is 30.8 Å². The van der Waals surface area contributed by atoms with Crippen LogP contribution in [0.3, 0.4) is 0 Å². The molecule has 0 N–H and O–H groups in total. The maximum absolute atomic E-state index is 6.37. The first-order valence-corrected chi connectivity index (χ1v) is 10.3. The van der Waals surface area contributed by atoms with E-state index in [1.807, 2.05) is 36.5 Å². The fourth-order valence-electron chi connectivity index (χ4n) is 4.17. The molecule has 3 aromatic rings. The highest BCUT2D eigenvalue weighted by atomic mass is 16.5. The molecular weight excluding hydrogens is 366 g/mol. The fraction of sp³-hybridized carbons (Fsp3) is 0.455. The molecule has 1 saturated heterocycles. The zero-order valence-electron chi connectivity index (χ0n) is 16.8. The van der Waals surface area contributed by atoms with Gasteiger partial charge in [-0.2, -0.15) is 4.98 Å². The van der Waals surface area contributed by atoms with Gasteiger partial charge in [-0.25, -0.2) is 9.97 Å². The Morgan fingerprint density at radius 1 is 1.07 bits per heavy atom. The monoisotopic (exact) mass is 391 g/mol.